The Morgan fingerprint density at radius 3 is 2.45 bits per heavy atom. The molecule has 0 unspecified atom stereocenters. The second-order valence-electron chi connectivity index (χ2n) is 10.9. The van der Waals surface area contributed by atoms with Gasteiger partial charge in [0.25, 0.3) is 0 Å². The van der Waals surface area contributed by atoms with Crippen LogP contribution in [-0.4, -0.2) is 71.5 Å². The zero-order valence-electron chi connectivity index (χ0n) is 22.1. The summed E-state index contributed by atoms with van der Waals surface area (Å²) in [4.78, 5) is 54.1. The number of ether oxygens (including phenoxy) is 2. The number of carboxylic acids is 1. The zero-order chi connectivity index (χ0) is 28.0. The molecule has 204 valence electrons. The SMILES string of the molecule is C=CCN(C=C1C(=O)O[C@H](COC)[C@@]2(C)C1=C(O)C(=O)C1=C2[C@@H](CC(=O)O)C[C@]2(C)C(=O)CC[C@@H]12)CC=C. The summed E-state index contributed by atoms with van der Waals surface area (Å²) >= 11 is 0. The molecule has 0 spiro atoms. The first-order chi connectivity index (χ1) is 17.9. The second kappa shape index (κ2) is 10.0. The van der Waals surface area contributed by atoms with Crippen LogP contribution in [0.5, 0.6) is 0 Å². The lowest BCUT2D eigenvalue weighted by molar-refractivity contribution is -0.157. The maximum atomic E-state index is 14.0. The van der Waals surface area contributed by atoms with Crippen LogP contribution >= 0.6 is 0 Å². The molecule has 1 saturated carbocycles. The van der Waals surface area contributed by atoms with Gasteiger partial charge in [-0.15, -0.1) is 13.2 Å². The third-order valence-electron chi connectivity index (χ3n) is 8.72. The molecule has 1 aliphatic heterocycles. The van der Waals surface area contributed by atoms with Gasteiger partial charge in [-0.1, -0.05) is 19.1 Å². The van der Waals surface area contributed by atoms with E-state index in [1.54, 1.807) is 30.9 Å². The molecule has 3 aliphatic carbocycles. The summed E-state index contributed by atoms with van der Waals surface area (Å²) in [6.45, 7) is 11.7. The molecule has 0 bridgehead atoms. The lowest BCUT2D eigenvalue weighted by atomic mass is 9.51. The predicted molar refractivity (Wildman–Crippen MR) is 138 cm³/mol. The van der Waals surface area contributed by atoms with Crippen molar-refractivity contribution in [1.82, 2.24) is 4.90 Å². The largest absolute Gasteiger partial charge is 0.504 e. The third-order valence-corrected chi connectivity index (χ3v) is 8.72. The number of methoxy groups -OCH3 is 1. The lowest BCUT2D eigenvalue weighted by Crippen LogP contribution is -2.55. The molecule has 0 aromatic carbocycles. The van der Waals surface area contributed by atoms with Gasteiger partial charge in [0.2, 0.25) is 5.78 Å². The fourth-order valence-corrected chi connectivity index (χ4v) is 7.12. The van der Waals surface area contributed by atoms with Crippen LogP contribution in [0.15, 0.2) is 59.6 Å². The van der Waals surface area contributed by atoms with Crippen LogP contribution in [0.3, 0.4) is 0 Å². The van der Waals surface area contributed by atoms with Crippen molar-refractivity contribution in [1.29, 1.82) is 0 Å². The number of nitrogens with zero attached hydrogens (tertiary/aromatic N) is 1. The van der Waals surface area contributed by atoms with E-state index >= 15 is 0 Å². The van der Waals surface area contributed by atoms with E-state index in [2.05, 4.69) is 13.2 Å². The standard InChI is InChI=1S/C29H35NO8/c1-6-10-30(11-7-2)14-17-24-26(35)25(34)22-18-8-9-19(31)28(18,3)13-16(12-21(32)33)23(22)29(24,4)20(15-37-5)38-27(17)36/h6-7,14,16,18,20,35H,1-2,8-13,15H2,3-5H3,(H,32,33)/t16-,18-,20+,28-,29+/m0/s1. The molecule has 9 nitrogen and oxygen atoms in total. The molecule has 0 aromatic rings. The van der Waals surface area contributed by atoms with Crippen molar-refractivity contribution >= 4 is 23.5 Å². The van der Waals surface area contributed by atoms with Gasteiger partial charge in [0.05, 0.1) is 24.0 Å². The van der Waals surface area contributed by atoms with Gasteiger partial charge in [-0.2, -0.15) is 0 Å². The molecule has 0 aromatic heterocycles. The molecule has 0 radical (unpaired) electrons. The van der Waals surface area contributed by atoms with E-state index in [1.807, 2.05) is 0 Å². The average molecular weight is 526 g/mol. The summed E-state index contributed by atoms with van der Waals surface area (Å²) < 4.78 is 11.3. The first-order valence-electron chi connectivity index (χ1n) is 12.8. The number of hydrogen-bond acceptors (Lipinski definition) is 8. The summed E-state index contributed by atoms with van der Waals surface area (Å²) in [5.41, 5.74) is -1.26. The van der Waals surface area contributed by atoms with Crippen LogP contribution in [0, 0.1) is 22.7 Å². The Morgan fingerprint density at radius 1 is 1.21 bits per heavy atom. The molecule has 2 N–H and O–H groups in total. The van der Waals surface area contributed by atoms with Gasteiger partial charge in [0.15, 0.2) is 5.76 Å². The molecule has 38 heavy (non-hydrogen) atoms. The van der Waals surface area contributed by atoms with E-state index < -0.39 is 52.3 Å². The van der Waals surface area contributed by atoms with Crippen molar-refractivity contribution in [2.75, 3.05) is 26.8 Å². The number of cyclic esters (lactones) is 1. The Kier molecular flexibility index (Phi) is 7.27. The van der Waals surface area contributed by atoms with E-state index in [0.717, 1.165) is 0 Å². The quantitative estimate of drug-likeness (QED) is 0.264. The highest BCUT2D eigenvalue weighted by atomic mass is 16.6. The van der Waals surface area contributed by atoms with E-state index in [-0.39, 0.29) is 48.4 Å². The number of carbonyl (C=O) groups excluding carboxylic acids is 3. The lowest BCUT2D eigenvalue weighted by Gasteiger charge is -2.53. The Morgan fingerprint density at radius 2 is 1.87 bits per heavy atom. The Bertz CT molecular complexity index is 1200. The van der Waals surface area contributed by atoms with Crippen LogP contribution in [-0.2, 0) is 28.7 Å². The number of aliphatic carboxylic acids is 1. The normalized spacial score (nSPS) is 33.5. The second-order valence-corrected chi connectivity index (χ2v) is 10.9. The molecule has 9 heteroatoms. The molecule has 1 heterocycles. The number of allylic oxidation sites excluding steroid dienone is 1. The highest BCUT2D eigenvalue weighted by Crippen LogP contribution is 2.63. The number of hydrogen-bond donors (Lipinski definition) is 2. The maximum absolute atomic E-state index is 14.0. The summed E-state index contributed by atoms with van der Waals surface area (Å²) in [7, 11) is 1.45. The van der Waals surface area contributed by atoms with Gasteiger partial charge in [-0.25, -0.2) is 4.79 Å². The zero-order valence-corrected chi connectivity index (χ0v) is 22.1. The molecule has 5 atom stereocenters. The number of Topliss-reactive ketones (excluding diaryl/α,β-unsaturated/α-hetero) is 2. The van der Waals surface area contributed by atoms with Gasteiger partial charge in [-0.3, -0.25) is 14.4 Å². The smallest absolute Gasteiger partial charge is 0.340 e. The van der Waals surface area contributed by atoms with Crippen LogP contribution in [0.2, 0.25) is 0 Å². The van der Waals surface area contributed by atoms with Crippen molar-refractivity contribution in [3.63, 3.8) is 0 Å². The van der Waals surface area contributed by atoms with Crippen molar-refractivity contribution < 1.29 is 38.9 Å². The van der Waals surface area contributed by atoms with Crippen molar-refractivity contribution in [3.05, 3.63) is 59.6 Å². The first kappa shape index (κ1) is 27.6. The average Bonchev–Trinajstić information content (AvgIpc) is 3.13. The number of fused-ring (bicyclic) bond motifs is 4. The topological polar surface area (TPSA) is 130 Å². The van der Waals surface area contributed by atoms with Gasteiger partial charge in [0.1, 0.15) is 11.9 Å². The summed E-state index contributed by atoms with van der Waals surface area (Å²) in [6.07, 6.45) is 4.53. The fraction of sp³-hybridized carbons (Fsp3) is 0.517. The Balaban J connectivity index is 2.02. The number of carboxylic acid groups (broad SMARTS) is 1. The van der Waals surface area contributed by atoms with Crippen LogP contribution in [0.25, 0.3) is 0 Å². The minimum absolute atomic E-state index is 0.00543. The molecule has 0 amide bonds. The van der Waals surface area contributed by atoms with E-state index in [4.69, 9.17) is 9.47 Å². The number of esters is 1. The van der Waals surface area contributed by atoms with Gasteiger partial charge in [-0.05, 0) is 31.3 Å². The minimum atomic E-state index is -1.26. The van der Waals surface area contributed by atoms with Crippen molar-refractivity contribution in [2.45, 2.75) is 45.6 Å². The Labute approximate surface area is 222 Å². The van der Waals surface area contributed by atoms with E-state index in [9.17, 15) is 29.4 Å². The summed E-state index contributed by atoms with van der Waals surface area (Å²) in [5, 5.41) is 21.4. The summed E-state index contributed by atoms with van der Waals surface area (Å²) in [6, 6.07) is 0. The molecule has 4 aliphatic rings. The first-order valence-corrected chi connectivity index (χ1v) is 12.8. The molecular formula is C29H35NO8. The van der Waals surface area contributed by atoms with Crippen LogP contribution in [0.1, 0.15) is 39.5 Å². The summed E-state index contributed by atoms with van der Waals surface area (Å²) in [5.74, 6) is -4.19. The highest BCUT2D eigenvalue weighted by Gasteiger charge is 2.63. The number of aliphatic hydroxyl groups excluding tert-OH is 1. The monoisotopic (exact) mass is 525 g/mol. The van der Waals surface area contributed by atoms with Crippen molar-refractivity contribution in [2.24, 2.45) is 22.7 Å². The Hall–Kier alpha value is -3.46. The minimum Gasteiger partial charge on any atom is -0.504 e. The molecular weight excluding hydrogens is 490 g/mol. The number of aliphatic hydroxyl groups is 1. The molecule has 4 rings (SSSR count). The van der Waals surface area contributed by atoms with Crippen LogP contribution < -0.4 is 0 Å². The third kappa shape index (κ3) is 4.04. The highest BCUT2D eigenvalue weighted by molar-refractivity contribution is 6.13. The fourth-order valence-electron chi connectivity index (χ4n) is 7.12. The number of rotatable bonds is 9. The predicted octanol–water partition coefficient (Wildman–Crippen LogP) is 3.29. The van der Waals surface area contributed by atoms with Crippen LogP contribution in [0.4, 0.5) is 0 Å². The number of ketones is 2. The van der Waals surface area contributed by atoms with Gasteiger partial charge >= 0.3 is 11.9 Å². The van der Waals surface area contributed by atoms with Gasteiger partial charge in [0, 0.05) is 55.3 Å². The molecule has 2 fully saturated rings. The van der Waals surface area contributed by atoms with E-state index in [0.29, 0.717) is 25.1 Å². The number of carbonyl (C=O) groups is 4. The van der Waals surface area contributed by atoms with Gasteiger partial charge < -0.3 is 24.6 Å². The maximum Gasteiger partial charge on any atom is 0.340 e. The molecule has 1 saturated heterocycles. The van der Waals surface area contributed by atoms with E-state index in [1.165, 1.54) is 13.3 Å². The van der Waals surface area contributed by atoms with Crippen molar-refractivity contribution in [3.8, 4) is 0 Å².